The molecule has 2 atom stereocenters. The van der Waals surface area contributed by atoms with Gasteiger partial charge in [0.25, 0.3) is 10.1 Å². The third kappa shape index (κ3) is 11.8. The van der Waals surface area contributed by atoms with Gasteiger partial charge in [0.2, 0.25) is 5.92 Å². The highest BCUT2D eigenvalue weighted by molar-refractivity contribution is 7.85. The number of hydrogen-bond acceptors (Lipinski definition) is 4. The average Bonchev–Trinajstić information content (AvgIpc) is 2.17. The average molecular weight is 340 g/mol. The lowest BCUT2D eigenvalue weighted by molar-refractivity contribution is -0.253. The maximum Gasteiger partial charge on any atom is 0.372 e. The van der Waals surface area contributed by atoms with E-state index in [-0.39, 0.29) is 6.42 Å². The largest absolute Gasteiger partial charge is 0.375 e. The molecule has 0 radical (unpaired) electrons. The van der Waals surface area contributed by atoms with Gasteiger partial charge in [-0.1, -0.05) is 6.92 Å². The van der Waals surface area contributed by atoms with Gasteiger partial charge in [0, 0.05) is 6.42 Å². The van der Waals surface area contributed by atoms with Crippen molar-refractivity contribution in [3.63, 3.8) is 0 Å². The van der Waals surface area contributed by atoms with Crippen molar-refractivity contribution in [1.82, 2.24) is 0 Å². The Labute approximate surface area is 121 Å². The van der Waals surface area contributed by atoms with Crippen molar-refractivity contribution in [2.24, 2.45) is 0 Å². The molecular formula is C11H20F4O5S. The molecule has 0 aliphatic heterocycles. The maximum absolute atomic E-state index is 13.1. The molecule has 21 heavy (non-hydrogen) atoms. The fourth-order valence-corrected chi connectivity index (χ4v) is 2.06. The van der Waals surface area contributed by atoms with E-state index in [2.05, 4.69) is 4.74 Å². The maximum atomic E-state index is 13.1. The molecule has 0 rings (SSSR count). The van der Waals surface area contributed by atoms with E-state index in [1.165, 1.54) is 6.92 Å². The van der Waals surface area contributed by atoms with Crippen LogP contribution in [0, 0.1) is 0 Å². The molecule has 0 aliphatic rings. The molecule has 5 nitrogen and oxygen atoms in total. The molecular weight excluding hydrogens is 320 g/mol. The van der Waals surface area contributed by atoms with Gasteiger partial charge in [-0.05, 0) is 20.3 Å². The lowest BCUT2D eigenvalue weighted by Crippen LogP contribution is -2.36. The molecule has 2 unspecified atom stereocenters. The molecule has 0 aromatic heterocycles. The van der Waals surface area contributed by atoms with Gasteiger partial charge in [0.05, 0.1) is 18.8 Å². The van der Waals surface area contributed by atoms with Crippen LogP contribution in [0.1, 0.15) is 33.6 Å². The van der Waals surface area contributed by atoms with Crippen LogP contribution < -0.4 is 0 Å². The zero-order valence-corrected chi connectivity index (χ0v) is 12.8. The van der Waals surface area contributed by atoms with Crippen LogP contribution in [0.4, 0.5) is 17.6 Å². The Morgan fingerprint density at radius 3 is 2.14 bits per heavy atom. The first-order valence-corrected chi connectivity index (χ1v) is 7.85. The van der Waals surface area contributed by atoms with Crippen LogP contribution in [0.5, 0.6) is 0 Å². The highest BCUT2D eigenvalue weighted by atomic mass is 32.2. The van der Waals surface area contributed by atoms with Crippen LogP contribution in [0.3, 0.4) is 0 Å². The zero-order chi connectivity index (χ0) is 16.9. The topological polar surface area (TPSA) is 72.8 Å². The minimum absolute atomic E-state index is 0.261. The van der Waals surface area contributed by atoms with Gasteiger partial charge in [0.15, 0.2) is 5.75 Å². The van der Waals surface area contributed by atoms with Crippen molar-refractivity contribution in [2.45, 2.75) is 57.9 Å². The van der Waals surface area contributed by atoms with Crippen LogP contribution in [-0.4, -0.2) is 49.6 Å². The van der Waals surface area contributed by atoms with Crippen LogP contribution in [0.2, 0.25) is 0 Å². The van der Waals surface area contributed by atoms with Crippen LogP contribution in [-0.2, 0) is 19.6 Å². The van der Waals surface area contributed by atoms with E-state index in [1.54, 1.807) is 6.92 Å². The summed E-state index contributed by atoms with van der Waals surface area (Å²) in [5.74, 6) is -4.83. The molecule has 0 aliphatic carbocycles. The predicted molar refractivity (Wildman–Crippen MR) is 67.2 cm³/mol. The van der Waals surface area contributed by atoms with Gasteiger partial charge in [0.1, 0.15) is 0 Å². The first-order valence-electron chi connectivity index (χ1n) is 6.24. The van der Waals surface area contributed by atoms with Crippen molar-refractivity contribution in [1.29, 1.82) is 0 Å². The van der Waals surface area contributed by atoms with Gasteiger partial charge in [-0.25, -0.2) is 8.78 Å². The van der Waals surface area contributed by atoms with Gasteiger partial charge in [-0.15, -0.1) is 0 Å². The van der Waals surface area contributed by atoms with Gasteiger partial charge >= 0.3 is 6.11 Å². The monoisotopic (exact) mass is 340 g/mol. The Morgan fingerprint density at radius 1 is 1.24 bits per heavy atom. The fraction of sp³-hybridized carbons (Fsp3) is 1.00. The number of ether oxygens (including phenoxy) is 2. The van der Waals surface area contributed by atoms with Gasteiger partial charge in [-0.2, -0.15) is 17.2 Å². The standard InChI is InChI=1S/C11H20F4O5S/c1-4-9(5-10(3,12)13)19-6-8(2)20-11(14,15)7-21(16,17)18/h8-9H,4-7H2,1-3H3,(H,16,17,18). The highest BCUT2D eigenvalue weighted by Crippen LogP contribution is 2.23. The summed E-state index contributed by atoms with van der Waals surface area (Å²) in [4.78, 5) is 0. The van der Waals surface area contributed by atoms with E-state index >= 15 is 0 Å². The molecule has 0 fully saturated rings. The molecule has 0 saturated heterocycles. The normalized spacial score (nSPS) is 16.8. The predicted octanol–water partition coefficient (Wildman–Crippen LogP) is 2.71. The quantitative estimate of drug-likeness (QED) is 0.489. The summed E-state index contributed by atoms with van der Waals surface area (Å²) in [7, 11) is -4.90. The number of alkyl halides is 4. The van der Waals surface area contributed by atoms with Crippen LogP contribution in [0.25, 0.3) is 0 Å². The Balaban J connectivity index is 4.33. The summed E-state index contributed by atoms with van der Waals surface area (Å²) in [6, 6.07) is 0. The number of hydrogen-bond donors (Lipinski definition) is 1. The molecule has 0 saturated carbocycles. The van der Waals surface area contributed by atoms with Crippen molar-refractivity contribution < 1.29 is 40.0 Å². The molecule has 0 spiro atoms. The molecule has 1 N–H and O–H groups in total. The second-order valence-corrected chi connectivity index (χ2v) is 6.38. The minimum Gasteiger partial charge on any atom is -0.375 e. The summed E-state index contributed by atoms with van der Waals surface area (Å²) >= 11 is 0. The number of rotatable bonds is 10. The van der Waals surface area contributed by atoms with E-state index in [0.29, 0.717) is 0 Å². The van der Waals surface area contributed by atoms with E-state index in [9.17, 15) is 26.0 Å². The second-order valence-electron chi connectivity index (χ2n) is 4.93. The summed E-state index contributed by atoms with van der Waals surface area (Å²) in [5.41, 5.74) is 0. The van der Waals surface area contributed by atoms with Crippen molar-refractivity contribution in [3.05, 3.63) is 0 Å². The summed E-state index contributed by atoms with van der Waals surface area (Å²) in [6.45, 7) is 3.10. The lowest BCUT2D eigenvalue weighted by Gasteiger charge is -2.24. The Bertz CT molecular complexity index is 407. The molecule has 10 heteroatoms. The SMILES string of the molecule is CCC(CC(C)(F)F)OCC(C)OC(F)(F)CS(=O)(=O)O. The first kappa shape index (κ1) is 20.6. The smallest absolute Gasteiger partial charge is 0.372 e. The minimum atomic E-state index is -4.90. The summed E-state index contributed by atoms with van der Waals surface area (Å²) < 4.78 is 90.2. The van der Waals surface area contributed by atoms with Crippen molar-refractivity contribution in [3.8, 4) is 0 Å². The van der Waals surface area contributed by atoms with E-state index in [4.69, 9.17) is 9.29 Å². The molecule has 0 aromatic rings. The van der Waals surface area contributed by atoms with Crippen LogP contribution in [0.15, 0.2) is 0 Å². The second kappa shape index (κ2) is 7.70. The summed E-state index contributed by atoms with van der Waals surface area (Å²) in [5, 5.41) is 0. The Kier molecular flexibility index (Phi) is 7.54. The van der Waals surface area contributed by atoms with Crippen molar-refractivity contribution >= 4 is 10.1 Å². The molecule has 128 valence electrons. The van der Waals surface area contributed by atoms with Gasteiger partial charge < -0.3 is 9.47 Å². The molecule has 0 bridgehead atoms. The Morgan fingerprint density at radius 2 is 1.76 bits per heavy atom. The van der Waals surface area contributed by atoms with E-state index in [0.717, 1.165) is 6.92 Å². The molecule has 0 amide bonds. The van der Waals surface area contributed by atoms with Gasteiger partial charge in [-0.3, -0.25) is 4.55 Å². The number of halogens is 4. The zero-order valence-electron chi connectivity index (χ0n) is 12.0. The van der Waals surface area contributed by atoms with Crippen molar-refractivity contribution in [2.75, 3.05) is 12.4 Å². The third-order valence-corrected chi connectivity index (χ3v) is 3.03. The van der Waals surface area contributed by atoms with Crippen LogP contribution >= 0.6 is 0 Å². The van der Waals surface area contributed by atoms with E-state index in [1.807, 2.05) is 0 Å². The highest BCUT2D eigenvalue weighted by Gasteiger charge is 2.38. The first-order chi connectivity index (χ1) is 9.24. The Hall–Kier alpha value is -0.450. The summed E-state index contributed by atoms with van der Waals surface area (Å²) in [6.07, 6.45) is -6.45. The fourth-order valence-electron chi connectivity index (χ4n) is 1.57. The molecule has 0 aromatic carbocycles. The third-order valence-electron chi connectivity index (χ3n) is 2.33. The van der Waals surface area contributed by atoms with E-state index < -0.39 is 53.1 Å². The molecule has 0 heterocycles. The lowest BCUT2D eigenvalue weighted by atomic mass is 10.1.